The molecule has 1 atom stereocenters. The predicted molar refractivity (Wildman–Crippen MR) is 84.4 cm³/mol. The first-order chi connectivity index (χ1) is 9.83. The van der Waals surface area contributed by atoms with Crippen molar-refractivity contribution in [1.82, 2.24) is 5.32 Å². The lowest BCUT2D eigenvalue weighted by molar-refractivity contribution is 0.100. The van der Waals surface area contributed by atoms with E-state index in [2.05, 4.69) is 19.2 Å². The van der Waals surface area contributed by atoms with Gasteiger partial charge in [0.15, 0.2) is 0 Å². The summed E-state index contributed by atoms with van der Waals surface area (Å²) in [7, 11) is 0. The van der Waals surface area contributed by atoms with E-state index in [-0.39, 0.29) is 0 Å². The smallest absolute Gasteiger partial charge is 0.119 e. The first kappa shape index (κ1) is 17.0. The summed E-state index contributed by atoms with van der Waals surface area (Å²) in [6, 6.07) is 10.4. The second kappa shape index (κ2) is 11.7. The van der Waals surface area contributed by atoms with Gasteiger partial charge in [0.05, 0.1) is 13.2 Å². The highest BCUT2D eigenvalue weighted by atomic mass is 16.5. The molecule has 0 aliphatic heterocycles. The maximum Gasteiger partial charge on any atom is 0.119 e. The van der Waals surface area contributed by atoms with Crippen molar-refractivity contribution in [3.05, 3.63) is 30.3 Å². The summed E-state index contributed by atoms with van der Waals surface area (Å²) >= 11 is 0. The van der Waals surface area contributed by atoms with Crippen molar-refractivity contribution in [3.8, 4) is 5.75 Å². The molecular formula is C17H29NO2. The van der Waals surface area contributed by atoms with Gasteiger partial charge in [0.1, 0.15) is 12.4 Å². The normalized spacial score (nSPS) is 12.3. The largest absolute Gasteiger partial charge is 0.491 e. The van der Waals surface area contributed by atoms with Crippen LogP contribution in [0.1, 0.15) is 39.5 Å². The van der Waals surface area contributed by atoms with E-state index < -0.39 is 0 Å². The Morgan fingerprint density at radius 1 is 1.05 bits per heavy atom. The van der Waals surface area contributed by atoms with E-state index in [0.29, 0.717) is 19.3 Å². The van der Waals surface area contributed by atoms with Gasteiger partial charge >= 0.3 is 0 Å². The van der Waals surface area contributed by atoms with Gasteiger partial charge in [-0.2, -0.15) is 0 Å². The number of benzene rings is 1. The number of unbranched alkanes of at least 4 members (excludes halogenated alkanes) is 2. The molecule has 0 aliphatic carbocycles. The van der Waals surface area contributed by atoms with Crippen LogP contribution in [-0.2, 0) is 4.74 Å². The molecule has 20 heavy (non-hydrogen) atoms. The van der Waals surface area contributed by atoms with Crippen molar-refractivity contribution in [3.63, 3.8) is 0 Å². The number of ether oxygens (including phenoxy) is 2. The van der Waals surface area contributed by atoms with E-state index in [1.165, 1.54) is 25.7 Å². The van der Waals surface area contributed by atoms with E-state index >= 15 is 0 Å². The number of nitrogens with one attached hydrogen (secondary N) is 1. The monoisotopic (exact) mass is 279 g/mol. The third-order valence-corrected chi connectivity index (χ3v) is 3.22. The summed E-state index contributed by atoms with van der Waals surface area (Å²) in [4.78, 5) is 0. The first-order valence-electron chi connectivity index (χ1n) is 7.82. The third kappa shape index (κ3) is 8.94. The van der Waals surface area contributed by atoms with E-state index in [1.54, 1.807) is 0 Å². The van der Waals surface area contributed by atoms with Gasteiger partial charge in [0.25, 0.3) is 0 Å². The molecule has 0 saturated carbocycles. The summed E-state index contributed by atoms with van der Waals surface area (Å²) in [5, 5.41) is 3.48. The molecule has 0 fully saturated rings. The average molecular weight is 279 g/mol. The lowest BCUT2D eigenvalue weighted by atomic mass is 10.1. The summed E-state index contributed by atoms with van der Waals surface area (Å²) < 4.78 is 11.1. The predicted octanol–water partition coefficient (Wildman–Crippen LogP) is 3.64. The minimum Gasteiger partial charge on any atom is -0.491 e. The second-order valence-electron chi connectivity index (χ2n) is 5.12. The standard InChI is InChI=1S/C17H29NO2/c1-3-4-6-9-16(2)18-12-13-19-14-15-20-17-10-7-5-8-11-17/h5,7-8,10-11,16,18H,3-4,6,9,12-15H2,1-2H3. The Morgan fingerprint density at radius 3 is 2.60 bits per heavy atom. The Labute approximate surface area is 123 Å². The maximum atomic E-state index is 5.55. The van der Waals surface area contributed by atoms with E-state index in [0.717, 1.165) is 18.9 Å². The minimum atomic E-state index is 0.589. The molecule has 1 aromatic carbocycles. The minimum absolute atomic E-state index is 0.589. The van der Waals surface area contributed by atoms with Crippen molar-refractivity contribution in [2.45, 2.75) is 45.6 Å². The van der Waals surface area contributed by atoms with Gasteiger partial charge < -0.3 is 14.8 Å². The number of para-hydroxylation sites is 1. The van der Waals surface area contributed by atoms with Crippen molar-refractivity contribution in [2.24, 2.45) is 0 Å². The Kier molecular flexibility index (Phi) is 9.98. The molecule has 0 radical (unpaired) electrons. The SMILES string of the molecule is CCCCCC(C)NCCOCCOc1ccccc1. The van der Waals surface area contributed by atoms with Gasteiger partial charge in [0, 0.05) is 12.6 Å². The number of rotatable bonds is 12. The fraction of sp³-hybridized carbons (Fsp3) is 0.647. The molecule has 0 amide bonds. The molecular weight excluding hydrogens is 250 g/mol. The van der Waals surface area contributed by atoms with E-state index in [9.17, 15) is 0 Å². The Morgan fingerprint density at radius 2 is 1.85 bits per heavy atom. The molecule has 1 aromatic rings. The Balaban J connectivity index is 1.87. The third-order valence-electron chi connectivity index (χ3n) is 3.22. The number of hydrogen-bond acceptors (Lipinski definition) is 3. The Bertz CT molecular complexity index is 316. The highest BCUT2D eigenvalue weighted by Gasteiger charge is 2.00. The molecule has 0 saturated heterocycles. The summed E-state index contributed by atoms with van der Waals surface area (Å²) in [5.74, 6) is 0.902. The molecule has 0 heterocycles. The fourth-order valence-corrected chi connectivity index (χ4v) is 2.02. The molecule has 1 rings (SSSR count). The van der Waals surface area contributed by atoms with E-state index in [4.69, 9.17) is 9.47 Å². The van der Waals surface area contributed by atoms with Crippen molar-refractivity contribution >= 4 is 0 Å². The zero-order valence-corrected chi connectivity index (χ0v) is 12.9. The summed E-state index contributed by atoms with van der Waals surface area (Å²) in [5.41, 5.74) is 0. The van der Waals surface area contributed by atoms with Crippen LogP contribution < -0.4 is 10.1 Å². The van der Waals surface area contributed by atoms with Gasteiger partial charge in [-0.15, -0.1) is 0 Å². The van der Waals surface area contributed by atoms with Gasteiger partial charge in [-0.1, -0.05) is 44.4 Å². The second-order valence-corrected chi connectivity index (χ2v) is 5.12. The molecule has 0 bridgehead atoms. The van der Waals surface area contributed by atoms with Crippen LogP contribution in [0.5, 0.6) is 5.75 Å². The van der Waals surface area contributed by atoms with E-state index in [1.807, 2.05) is 30.3 Å². The average Bonchev–Trinajstić information content (AvgIpc) is 2.47. The van der Waals surface area contributed by atoms with Crippen molar-refractivity contribution in [2.75, 3.05) is 26.4 Å². The van der Waals surface area contributed by atoms with Gasteiger partial charge in [-0.05, 0) is 25.5 Å². The highest BCUT2D eigenvalue weighted by molar-refractivity contribution is 5.20. The zero-order valence-electron chi connectivity index (χ0n) is 12.9. The first-order valence-corrected chi connectivity index (χ1v) is 7.82. The molecule has 0 spiro atoms. The molecule has 1 unspecified atom stereocenters. The van der Waals surface area contributed by atoms with Crippen molar-refractivity contribution in [1.29, 1.82) is 0 Å². The number of hydrogen-bond donors (Lipinski definition) is 1. The molecule has 0 aromatic heterocycles. The summed E-state index contributed by atoms with van der Waals surface area (Å²) in [6.07, 6.45) is 5.19. The molecule has 114 valence electrons. The highest BCUT2D eigenvalue weighted by Crippen LogP contribution is 2.07. The van der Waals surface area contributed by atoms with Crippen LogP contribution in [0.3, 0.4) is 0 Å². The molecule has 1 N–H and O–H groups in total. The van der Waals surface area contributed by atoms with Crippen LogP contribution in [-0.4, -0.2) is 32.4 Å². The zero-order chi connectivity index (χ0) is 14.5. The lowest BCUT2D eigenvalue weighted by Crippen LogP contribution is -2.29. The Hall–Kier alpha value is -1.06. The van der Waals surface area contributed by atoms with Crippen LogP contribution in [0.15, 0.2) is 30.3 Å². The van der Waals surface area contributed by atoms with Crippen LogP contribution in [0, 0.1) is 0 Å². The van der Waals surface area contributed by atoms with Crippen LogP contribution in [0.2, 0.25) is 0 Å². The van der Waals surface area contributed by atoms with Crippen LogP contribution in [0.25, 0.3) is 0 Å². The van der Waals surface area contributed by atoms with Crippen LogP contribution >= 0.6 is 0 Å². The quantitative estimate of drug-likeness (QED) is 0.593. The lowest BCUT2D eigenvalue weighted by Gasteiger charge is -2.13. The summed E-state index contributed by atoms with van der Waals surface area (Å²) in [6.45, 7) is 7.39. The fourth-order valence-electron chi connectivity index (χ4n) is 2.02. The van der Waals surface area contributed by atoms with Gasteiger partial charge in [-0.25, -0.2) is 0 Å². The molecule has 0 aliphatic rings. The van der Waals surface area contributed by atoms with Crippen LogP contribution in [0.4, 0.5) is 0 Å². The molecule has 3 nitrogen and oxygen atoms in total. The van der Waals surface area contributed by atoms with Crippen molar-refractivity contribution < 1.29 is 9.47 Å². The maximum absolute atomic E-state index is 5.55. The topological polar surface area (TPSA) is 30.5 Å². The van der Waals surface area contributed by atoms with Gasteiger partial charge in [0.2, 0.25) is 0 Å². The van der Waals surface area contributed by atoms with Gasteiger partial charge in [-0.3, -0.25) is 0 Å². The molecule has 3 heteroatoms.